The van der Waals surface area contributed by atoms with E-state index in [4.69, 9.17) is 23.2 Å². The molecule has 3 N–H and O–H groups in total. The minimum absolute atomic E-state index is 0.278. The number of nitrogens with one attached hydrogen (secondary N) is 3. The zero-order valence-corrected chi connectivity index (χ0v) is 24.5. The minimum Gasteiger partial charge on any atom is -0.318 e. The van der Waals surface area contributed by atoms with Crippen molar-refractivity contribution in [2.24, 2.45) is 0 Å². The second-order valence-corrected chi connectivity index (χ2v) is 11.4. The van der Waals surface area contributed by atoms with Gasteiger partial charge in [0.2, 0.25) is 0 Å². The molecule has 0 aliphatic carbocycles. The Bertz CT molecular complexity index is 1550. The van der Waals surface area contributed by atoms with Gasteiger partial charge in [-0.2, -0.15) is 0 Å². The first kappa shape index (κ1) is 28.6. The number of hydrogen-bond donors (Lipinski definition) is 3. The quantitative estimate of drug-likeness (QED) is 0.138. The second kappa shape index (κ2) is 14.1. The maximum Gasteiger partial charge on any atom is 0.0595 e. The zero-order chi connectivity index (χ0) is 27.7. The molecule has 0 unspecified atom stereocenters. The molecule has 0 radical (unpaired) electrons. The van der Waals surface area contributed by atoms with Crippen molar-refractivity contribution in [2.45, 2.75) is 31.3 Å². The highest BCUT2D eigenvalue weighted by molar-refractivity contribution is 6.42. The van der Waals surface area contributed by atoms with Gasteiger partial charge in [-0.25, -0.2) is 0 Å². The maximum atomic E-state index is 6.25. The molecule has 3 nitrogen and oxygen atoms in total. The van der Waals surface area contributed by atoms with Crippen LogP contribution in [0.5, 0.6) is 0 Å². The third-order valence-corrected chi connectivity index (χ3v) is 8.27. The standard InChI is InChI=1S/C35H37Cl2N3/c1-38-23-32(20-26-10-13-28-6-2-4-8-30(28)18-26)40-24-33(39-17-16-25-12-15-34(36)35(37)22-25)21-27-11-14-29-7-3-5-9-31(29)19-27/h2-15,18-19,22,32-33,38-40H,16-17,20-21,23-24H2,1H3/t32-,33+/m0/s1. The van der Waals surface area contributed by atoms with Crippen LogP contribution in [0.4, 0.5) is 0 Å². The maximum absolute atomic E-state index is 6.25. The Balaban J connectivity index is 1.27. The zero-order valence-electron chi connectivity index (χ0n) is 23.0. The molecule has 2 atom stereocenters. The first-order valence-electron chi connectivity index (χ1n) is 14.1. The summed E-state index contributed by atoms with van der Waals surface area (Å²) in [5.74, 6) is 0. The monoisotopic (exact) mass is 569 g/mol. The van der Waals surface area contributed by atoms with E-state index in [2.05, 4.69) is 107 Å². The van der Waals surface area contributed by atoms with Gasteiger partial charge in [-0.15, -0.1) is 0 Å². The van der Waals surface area contributed by atoms with Crippen molar-refractivity contribution in [1.29, 1.82) is 0 Å². The molecule has 0 saturated carbocycles. The van der Waals surface area contributed by atoms with Crippen LogP contribution >= 0.6 is 23.2 Å². The summed E-state index contributed by atoms with van der Waals surface area (Å²) >= 11 is 12.4. The van der Waals surface area contributed by atoms with Crippen LogP contribution in [-0.4, -0.2) is 38.8 Å². The van der Waals surface area contributed by atoms with Crippen molar-refractivity contribution < 1.29 is 0 Å². The van der Waals surface area contributed by atoms with E-state index >= 15 is 0 Å². The van der Waals surface area contributed by atoms with Crippen LogP contribution in [0.15, 0.2) is 103 Å². The number of fused-ring (bicyclic) bond motifs is 2. The Kier molecular flexibility index (Phi) is 10.1. The summed E-state index contributed by atoms with van der Waals surface area (Å²) in [5, 5.41) is 17.4. The molecule has 5 aromatic rings. The SMILES string of the molecule is CNC[C@H](Cc1ccc2ccccc2c1)NC[C@@H](Cc1ccc2ccccc2c1)NCCc1ccc(Cl)c(Cl)c1. The van der Waals surface area contributed by atoms with Gasteiger partial charge < -0.3 is 16.0 Å². The Labute approximate surface area is 247 Å². The van der Waals surface area contributed by atoms with Crippen molar-refractivity contribution in [1.82, 2.24) is 16.0 Å². The smallest absolute Gasteiger partial charge is 0.0595 e. The molecule has 0 aliphatic heterocycles. The third-order valence-electron chi connectivity index (χ3n) is 7.53. The highest BCUT2D eigenvalue weighted by atomic mass is 35.5. The Morgan fingerprint density at radius 2 is 1.10 bits per heavy atom. The first-order chi connectivity index (χ1) is 19.6. The van der Waals surface area contributed by atoms with E-state index in [0.29, 0.717) is 16.1 Å². The van der Waals surface area contributed by atoms with E-state index in [1.54, 1.807) is 0 Å². The highest BCUT2D eigenvalue weighted by Crippen LogP contribution is 2.23. The molecule has 0 heterocycles. The van der Waals surface area contributed by atoms with Gasteiger partial charge in [0.15, 0.2) is 0 Å². The molecule has 0 aromatic heterocycles. The predicted molar refractivity (Wildman–Crippen MR) is 173 cm³/mol. The van der Waals surface area contributed by atoms with Crippen molar-refractivity contribution >= 4 is 44.7 Å². The van der Waals surface area contributed by atoms with Crippen LogP contribution in [0.1, 0.15) is 16.7 Å². The molecule has 0 fully saturated rings. The molecule has 0 saturated heterocycles. The summed E-state index contributed by atoms with van der Waals surface area (Å²) in [7, 11) is 2.02. The molecule has 5 heteroatoms. The number of hydrogen-bond acceptors (Lipinski definition) is 3. The molecule has 0 amide bonds. The van der Waals surface area contributed by atoms with Gasteiger partial charge in [0.05, 0.1) is 10.0 Å². The largest absolute Gasteiger partial charge is 0.318 e. The molecule has 0 spiro atoms. The van der Waals surface area contributed by atoms with Crippen molar-refractivity contribution in [2.75, 3.05) is 26.7 Å². The molecule has 5 rings (SSSR count). The summed E-state index contributed by atoms with van der Waals surface area (Å²) in [6, 6.07) is 37.2. The van der Waals surface area contributed by atoms with Crippen LogP contribution in [0.3, 0.4) is 0 Å². The third kappa shape index (κ3) is 7.84. The van der Waals surface area contributed by atoms with Crippen LogP contribution in [-0.2, 0) is 19.3 Å². The average Bonchev–Trinajstić information content (AvgIpc) is 2.97. The molecule has 0 aliphatic rings. The van der Waals surface area contributed by atoms with Gasteiger partial charge in [0.25, 0.3) is 0 Å². The van der Waals surface area contributed by atoms with Gasteiger partial charge in [-0.1, -0.05) is 114 Å². The van der Waals surface area contributed by atoms with Crippen LogP contribution < -0.4 is 16.0 Å². The summed E-state index contributed by atoms with van der Waals surface area (Å²) < 4.78 is 0. The number of benzene rings is 5. The lowest BCUT2D eigenvalue weighted by Crippen LogP contribution is -2.47. The van der Waals surface area contributed by atoms with Gasteiger partial charge >= 0.3 is 0 Å². The topological polar surface area (TPSA) is 36.1 Å². The van der Waals surface area contributed by atoms with Crippen LogP contribution in [0.2, 0.25) is 10.0 Å². The van der Waals surface area contributed by atoms with E-state index in [9.17, 15) is 0 Å². The Hall–Kier alpha value is -2.92. The normalized spacial score (nSPS) is 13.1. The van der Waals surface area contributed by atoms with Crippen LogP contribution in [0.25, 0.3) is 21.5 Å². The van der Waals surface area contributed by atoms with E-state index < -0.39 is 0 Å². The van der Waals surface area contributed by atoms with Crippen molar-refractivity contribution in [3.63, 3.8) is 0 Å². The summed E-state index contributed by atoms with van der Waals surface area (Å²) in [6.07, 6.45) is 2.81. The van der Waals surface area contributed by atoms with Gasteiger partial charge in [0.1, 0.15) is 0 Å². The van der Waals surface area contributed by atoms with Gasteiger partial charge in [0, 0.05) is 25.2 Å². The fourth-order valence-electron chi connectivity index (χ4n) is 5.40. The number of rotatable bonds is 13. The van der Waals surface area contributed by atoms with Crippen molar-refractivity contribution in [3.05, 3.63) is 130 Å². The fourth-order valence-corrected chi connectivity index (χ4v) is 5.73. The Morgan fingerprint density at radius 3 is 1.68 bits per heavy atom. The highest BCUT2D eigenvalue weighted by Gasteiger charge is 2.15. The lowest BCUT2D eigenvalue weighted by Gasteiger charge is -2.25. The Morgan fingerprint density at radius 1 is 0.550 bits per heavy atom. The summed E-state index contributed by atoms with van der Waals surface area (Å²) in [5.41, 5.74) is 3.88. The number of likely N-dealkylation sites (N-methyl/N-ethyl adjacent to an activating group) is 1. The molecular formula is C35H37Cl2N3. The van der Waals surface area contributed by atoms with E-state index in [1.807, 2.05) is 19.2 Å². The van der Waals surface area contributed by atoms with E-state index in [-0.39, 0.29) is 6.04 Å². The molecular weight excluding hydrogens is 533 g/mol. The molecule has 0 bridgehead atoms. The molecule has 206 valence electrons. The van der Waals surface area contributed by atoms with E-state index in [1.165, 1.54) is 38.2 Å². The second-order valence-electron chi connectivity index (χ2n) is 10.6. The van der Waals surface area contributed by atoms with Gasteiger partial charge in [-0.3, -0.25) is 0 Å². The fraction of sp³-hybridized carbons (Fsp3) is 0.257. The number of halogens is 2. The minimum atomic E-state index is 0.278. The first-order valence-corrected chi connectivity index (χ1v) is 14.8. The molecule has 5 aromatic carbocycles. The van der Waals surface area contributed by atoms with E-state index in [0.717, 1.165) is 38.9 Å². The molecule has 40 heavy (non-hydrogen) atoms. The average molecular weight is 571 g/mol. The van der Waals surface area contributed by atoms with Gasteiger partial charge in [-0.05, 0) is 83.2 Å². The lowest BCUT2D eigenvalue weighted by atomic mass is 9.99. The summed E-state index contributed by atoms with van der Waals surface area (Å²) in [4.78, 5) is 0. The summed E-state index contributed by atoms with van der Waals surface area (Å²) in [6.45, 7) is 2.63. The lowest BCUT2D eigenvalue weighted by molar-refractivity contribution is 0.418. The predicted octanol–water partition coefficient (Wildman–Crippen LogP) is 7.46. The van der Waals surface area contributed by atoms with Crippen LogP contribution in [0, 0.1) is 0 Å². The van der Waals surface area contributed by atoms with Crippen molar-refractivity contribution in [3.8, 4) is 0 Å².